The molecule has 1 N–H and O–H groups in total. The van der Waals surface area contributed by atoms with Crippen LogP contribution < -0.4 is 5.32 Å². The first-order valence-corrected chi connectivity index (χ1v) is 7.15. The van der Waals surface area contributed by atoms with Gasteiger partial charge in [-0.3, -0.25) is 4.79 Å². The van der Waals surface area contributed by atoms with E-state index >= 15 is 0 Å². The summed E-state index contributed by atoms with van der Waals surface area (Å²) in [6.45, 7) is 5.58. The minimum Gasteiger partial charge on any atom is -0.468 e. The molecule has 0 bridgehead atoms. The molecule has 16 heavy (non-hydrogen) atoms. The lowest BCUT2D eigenvalue weighted by atomic mass is 10.1. The minimum atomic E-state index is -0.109. The first-order chi connectivity index (χ1) is 7.69. The Labute approximate surface area is 103 Å². The molecule has 0 spiro atoms. The fraction of sp³-hybridized carbons (Fsp3) is 0.917. The van der Waals surface area contributed by atoms with Gasteiger partial charge in [-0.15, -0.1) is 11.8 Å². The van der Waals surface area contributed by atoms with Crippen LogP contribution in [0.25, 0.3) is 0 Å². The van der Waals surface area contributed by atoms with E-state index in [1.165, 1.54) is 26.4 Å². The van der Waals surface area contributed by atoms with Crippen molar-refractivity contribution in [3.8, 4) is 0 Å². The van der Waals surface area contributed by atoms with Gasteiger partial charge in [-0.2, -0.15) is 0 Å². The summed E-state index contributed by atoms with van der Waals surface area (Å²) in [5.74, 6) is 1.04. The van der Waals surface area contributed by atoms with Crippen molar-refractivity contribution >= 4 is 17.7 Å². The van der Waals surface area contributed by atoms with Crippen molar-refractivity contribution in [1.82, 2.24) is 5.32 Å². The Balaban J connectivity index is 2.27. The lowest BCUT2D eigenvalue weighted by Crippen LogP contribution is -2.33. The molecule has 0 amide bonds. The Hall–Kier alpha value is -0.220. The number of esters is 1. The zero-order valence-corrected chi connectivity index (χ0v) is 11.3. The number of methoxy groups -OCH3 is 1. The van der Waals surface area contributed by atoms with Gasteiger partial charge < -0.3 is 10.1 Å². The van der Waals surface area contributed by atoms with Crippen LogP contribution in [0.1, 0.15) is 33.1 Å². The topological polar surface area (TPSA) is 38.3 Å². The van der Waals surface area contributed by atoms with E-state index in [9.17, 15) is 4.79 Å². The molecule has 0 radical (unpaired) electrons. The Morgan fingerprint density at radius 3 is 2.88 bits per heavy atom. The molecule has 1 fully saturated rings. The van der Waals surface area contributed by atoms with Crippen molar-refractivity contribution in [3.05, 3.63) is 0 Å². The molecular formula is C12H23NO2S. The quantitative estimate of drug-likeness (QED) is 0.727. The second-order valence-electron chi connectivity index (χ2n) is 4.42. The lowest BCUT2D eigenvalue weighted by Gasteiger charge is -2.21. The smallest absolute Gasteiger partial charge is 0.315 e. The van der Waals surface area contributed by atoms with Crippen LogP contribution in [0.15, 0.2) is 0 Å². The van der Waals surface area contributed by atoms with Crippen LogP contribution >= 0.6 is 11.8 Å². The van der Waals surface area contributed by atoms with Crippen molar-refractivity contribution in [2.45, 2.75) is 44.4 Å². The first kappa shape index (κ1) is 13.8. The van der Waals surface area contributed by atoms with Gasteiger partial charge in [0.15, 0.2) is 0 Å². The SMILES string of the molecule is CCCNC1CCC(SCC(=O)OC)C1C. The van der Waals surface area contributed by atoms with Gasteiger partial charge in [0, 0.05) is 11.3 Å². The number of ether oxygens (including phenoxy) is 1. The fourth-order valence-electron chi connectivity index (χ4n) is 2.22. The summed E-state index contributed by atoms with van der Waals surface area (Å²) in [6, 6.07) is 0.634. The molecule has 94 valence electrons. The van der Waals surface area contributed by atoms with Crippen LogP contribution in [0, 0.1) is 5.92 Å². The molecule has 0 aliphatic heterocycles. The summed E-state index contributed by atoms with van der Waals surface area (Å²) in [4.78, 5) is 11.1. The Bertz CT molecular complexity index is 223. The summed E-state index contributed by atoms with van der Waals surface area (Å²) >= 11 is 1.75. The highest BCUT2D eigenvalue weighted by Gasteiger charge is 2.32. The number of nitrogens with one attached hydrogen (secondary N) is 1. The molecule has 1 rings (SSSR count). The van der Waals surface area contributed by atoms with Gasteiger partial charge in [0.1, 0.15) is 0 Å². The van der Waals surface area contributed by atoms with E-state index in [0.29, 0.717) is 23.0 Å². The zero-order chi connectivity index (χ0) is 12.0. The largest absolute Gasteiger partial charge is 0.468 e. The van der Waals surface area contributed by atoms with E-state index < -0.39 is 0 Å². The average Bonchev–Trinajstić information content (AvgIpc) is 2.64. The fourth-order valence-corrected chi connectivity index (χ4v) is 3.48. The maximum absolute atomic E-state index is 11.1. The van der Waals surface area contributed by atoms with Crippen LogP contribution in [-0.4, -0.2) is 36.7 Å². The summed E-state index contributed by atoms with van der Waals surface area (Å²) in [5, 5.41) is 4.19. The highest BCUT2D eigenvalue weighted by molar-refractivity contribution is 8.00. The van der Waals surface area contributed by atoms with Gasteiger partial charge in [0.25, 0.3) is 0 Å². The van der Waals surface area contributed by atoms with E-state index in [1.807, 2.05) is 0 Å². The highest BCUT2D eigenvalue weighted by atomic mass is 32.2. The molecule has 0 aromatic rings. The maximum Gasteiger partial charge on any atom is 0.315 e. The van der Waals surface area contributed by atoms with Gasteiger partial charge >= 0.3 is 5.97 Å². The minimum absolute atomic E-state index is 0.109. The molecule has 0 aromatic heterocycles. The molecule has 0 heterocycles. The molecule has 0 saturated heterocycles. The Morgan fingerprint density at radius 2 is 2.25 bits per heavy atom. The van der Waals surface area contributed by atoms with Crippen molar-refractivity contribution in [2.75, 3.05) is 19.4 Å². The normalized spacial score (nSPS) is 29.3. The van der Waals surface area contributed by atoms with Crippen LogP contribution in [0.5, 0.6) is 0 Å². The summed E-state index contributed by atoms with van der Waals surface area (Å²) < 4.78 is 4.66. The molecule has 1 saturated carbocycles. The van der Waals surface area contributed by atoms with E-state index in [4.69, 9.17) is 0 Å². The maximum atomic E-state index is 11.1. The van der Waals surface area contributed by atoms with Gasteiger partial charge in [-0.1, -0.05) is 13.8 Å². The van der Waals surface area contributed by atoms with E-state index in [0.717, 1.165) is 6.54 Å². The number of rotatable bonds is 6. The van der Waals surface area contributed by atoms with Crippen molar-refractivity contribution in [3.63, 3.8) is 0 Å². The van der Waals surface area contributed by atoms with Crippen LogP contribution in [0.3, 0.4) is 0 Å². The van der Waals surface area contributed by atoms with Crippen molar-refractivity contribution < 1.29 is 9.53 Å². The van der Waals surface area contributed by atoms with E-state index in [2.05, 4.69) is 23.9 Å². The monoisotopic (exact) mass is 245 g/mol. The third-order valence-electron chi connectivity index (χ3n) is 3.28. The number of hydrogen-bond acceptors (Lipinski definition) is 4. The standard InChI is InChI=1S/C12H23NO2S/c1-4-7-13-10-5-6-11(9(10)2)16-8-12(14)15-3/h9-11,13H,4-8H2,1-3H3. The number of thioether (sulfide) groups is 1. The zero-order valence-electron chi connectivity index (χ0n) is 10.5. The molecule has 3 nitrogen and oxygen atoms in total. The molecule has 3 unspecified atom stereocenters. The van der Waals surface area contributed by atoms with Gasteiger partial charge in [-0.05, 0) is 31.7 Å². The molecule has 0 aromatic carbocycles. The molecule has 4 heteroatoms. The van der Waals surface area contributed by atoms with Crippen molar-refractivity contribution in [2.24, 2.45) is 5.92 Å². The van der Waals surface area contributed by atoms with Gasteiger partial charge in [-0.25, -0.2) is 0 Å². The van der Waals surface area contributed by atoms with Crippen LogP contribution in [-0.2, 0) is 9.53 Å². The Kier molecular flexibility index (Phi) is 6.21. The number of carbonyl (C=O) groups excluding carboxylic acids is 1. The summed E-state index contributed by atoms with van der Waals surface area (Å²) in [5.41, 5.74) is 0. The predicted molar refractivity (Wildman–Crippen MR) is 68.7 cm³/mol. The summed E-state index contributed by atoms with van der Waals surface area (Å²) in [6.07, 6.45) is 3.63. The molecule has 3 atom stereocenters. The average molecular weight is 245 g/mol. The molecule has 1 aliphatic carbocycles. The van der Waals surface area contributed by atoms with E-state index in [1.54, 1.807) is 11.8 Å². The number of carbonyl (C=O) groups is 1. The van der Waals surface area contributed by atoms with Gasteiger partial charge in [0.2, 0.25) is 0 Å². The highest BCUT2D eigenvalue weighted by Crippen LogP contribution is 2.35. The molecular weight excluding hydrogens is 222 g/mol. The van der Waals surface area contributed by atoms with Crippen LogP contribution in [0.4, 0.5) is 0 Å². The predicted octanol–water partition coefficient (Wildman–Crippen LogP) is 2.06. The second-order valence-corrected chi connectivity index (χ2v) is 5.65. The third-order valence-corrected chi connectivity index (χ3v) is 4.78. The third kappa shape index (κ3) is 3.98. The van der Waals surface area contributed by atoms with Gasteiger partial charge in [0.05, 0.1) is 12.9 Å². The lowest BCUT2D eigenvalue weighted by molar-refractivity contribution is -0.137. The second kappa shape index (κ2) is 7.17. The Morgan fingerprint density at radius 1 is 1.50 bits per heavy atom. The van der Waals surface area contributed by atoms with E-state index in [-0.39, 0.29) is 5.97 Å². The number of hydrogen-bond donors (Lipinski definition) is 1. The van der Waals surface area contributed by atoms with Crippen LogP contribution in [0.2, 0.25) is 0 Å². The summed E-state index contributed by atoms with van der Waals surface area (Å²) in [7, 11) is 1.45. The van der Waals surface area contributed by atoms with Crippen molar-refractivity contribution in [1.29, 1.82) is 0 Å². The first-order valence-electron chi connectivity index (χ1n) is 6.10. The molecule has 1 aliphatic rings.